The molecule has 5 nitrogen and oxygen atoms in total. The first-order chi connectivity index (χ1) is 10.7. The van der Waals surface area contributed by atoms with Crippen LogP contribution < -0.4 is 15.4 Å². The highest BCUT2D eigenvalue weighted by Gasteiger charge is 2.28. The van der Waals surface area contributed by atoms with Crippen LogP contribution in [-0.4, -0.2) is 43.7 Å². The number of rotatable bonds is 2. The van der Waals surface area contributed by atoms with E-state index in [-0.39, 0.29) is 29.7 Å². The van der Waals surface area contributed by atoms with Crippen LogP contribution in [0.4, 0.5) is 9.18 Å². The summed E-state index contributed by atoms with van der Waals surface area (Å²) >= 11 is 0. The highest BCUT2D eigenvalue weighted by Crippen LogP contribution is 2.34. The molecule has 0 saturated carbocycles. The zero-order chi connectivity index (χ0) is 15.5. The van der Waals surface area contributed by atoms with Crippen molar-refractivity contribution in [3.05, 3.63) is 29.6 Å². The Bertz CT molecular complexity index is 546. The van der Waals surface area contributed by atoms with E-state index in [0.717, 1.165) is 31.5 Å². The van der Waals surface area contributed by atoms with Crippen molar-refractivity contribution in [3.63, 3.8) is 0 Å². The van der Waals surface area contributed by atoms with E-state index in [1.165, 1.54) is 6.07 Å². The van der Waals surface area contributed by atoms with Crippen LogP contribution >= 0.6 is 0 Å². The van der Waals surface area contributed by atoms with Crippen LogP contribution in [0.1, 0.15) is 30.9 Å². The largest absolute Gasteiger partial charge is 0.490 e. The topological polar surface area (TPSA) is 53.6 Å². The van der Waals surface area contributed by atoms with E-state index in [2.05, 4.69) is 10.6 Å². The molecule has 0 radical (unpaired) electrons. The van der Waals surface area contributed by atoms with Gasteiger partial charge in [0, 0.05) is 25.1 Å². The summed E-state index contributed by atoms with van der Waals surface area (Å²) in [5.74, 6) is -0.105. The molecule has 1 aromatic rings. The summed E-state index contributed by atoms with van der Waals surface area (Å²) in [5.41, 5.74) is 0.721. The predicted molar refractivity (Wildman–Crippen MR) is 81.4 cm³/mol. The quantitative estimate of drug-likeness (QED) is 0.879. The Morgan fingerprint density at radius 1 is 1.36 bits per heavy atom. The minimum atomic E-state index is -0.372. The molecule has 2 heterocycles. The Kier molecular flexibility index (Phi) is 4.47. The fourth-order valence-electron chi connectivity index (χ4n) is 3.15. The van der Waals surface area contributed by atoms with Gasteiger partial charge < -0.3 is 20.3 Å². The van der Waals surface area contributed by atoms with Crippen molar-refractivity contribution >= 4 is 6.03 Å². The molecule has 2 amide bonds. The minimum absolute atomic E-state index is 0.103. The van der Waals surface area contributed by atoms with Crippen LogP contribution in [-0.2, 0) is 0 Å². The van der Waals surface area contributed by atoms with Crippen LogP contribution in [0.2, 0.25) is 0 Å². The van der Waals surface area contributed by atoms with Gasteiger partial charge in [0.05, 0.1) is 12.6 Å². The van der Waals surface area contributed by atoms with E-state index >= 15 is 0 Å². The molecule has 0 unspecified atom stereocenters. The molecule has 1 atom stereocenters. The van der Waals surface area contributed by atoms with Gasteiger partial charge in [0.25, 0.3) is 0 Å². The first kappa shape index (κ1) is 15.1. The number of hydrogen-bond donors (Lipinski definition) is 2. The van der Waals surface area contributed by atoms with Gasteiger partial charge in [0.2, 0.25) is 0 Å². The number of piperidine rings is 1. The van der Waals surface area contributed by atoms with Gasteiger partial charge in [-0.2, -0.15) is 0 Å². The van der Waals surface area contributed by atoms with Gasteiger partial charge in [0.15, 0.2) is 11.6 Å². The monoisotopic (exact) mass is 307 g/mol. The van der Waals surface area contributed by atoms with Gasteiger partial charge in [-0.05, 0) is 32.0 Å². The molecule has 3 rings (SSSR count). The van der Waals surface area contributed by atoms with E-state index in [4.69, 9.17) is 4.74 Å². The molecule has 0 aliphatic carbocycles. The van der Waals surface area contributed by atoms with Crippen molar-refractivity contribution in [2.24, 2.45) is 0 Å². The summed E-state index contributed by atoms with van der Waals surface area (Å²) in [4.78, 5) is 14.2. The first-order valence-electron chi connectivity index (χ1n) is 7.82. The van der Waals surface area contributed by atoms with Crippen molar-refractivity contribution in [1.82, 2.24) is 15.5 Å². The van der Waals surface area contributed by atoms with E-state index < -0.39 is 0 Å². The van der Waals surface area contributed by atoms with Crippen LogP contribution in [0.3, 0.4) is 0 Å². The third-order valence-electron chi connectivity index (χ3n) is 4.50. The number of carbonyl (C=O) groups excluding carboxylic acids is 1. The molecule has 1 saturated heterocycles. The normalized spacial score (nSPS) is 21.6. The number of fused-ring (bicyclic) bond motifs is 1. The molecular formula is C16H22FN3O2. The molecule has 0 bridgehead atoms. The lowest BCUT2D eigenvalue weighted by atomic mass is 10.0. The highest BCUT2D eigenvalue weighted by atomic mass is 19.1. The zero-order valence-corrected chi connectivity index (χ0v) is 12.8. The predicted octanol–water partition coefficient (Wildman–Crippen LogP) is 2.04. The van der Waals surface area contributed by atoms with Crippen molar-refractivity contribution in [2.45, 2.75) is 31.3 Å². The molecule has 2 aliphatic heterocycles. The SMILES string of the molecule is CN(C(=O)N[C@H]1CCOc2c(F)cccc21)C1CCNCC1. The van der Waals surface area contributed by atoms with Crippen LogP contribution in [0, 0.1) is 5.82 Å². The van der Waals surface area contributed by atoms with E-state index in [1.54, 1.807) is 11.0 Å². The number of nitrogens with one attached hydrogen (secondary N) is 2. The summed E-state index contributed by atoms with van der Waals surface area (Å²) in [5, 5.41) is 6.31. The Morgan fingerprint density at radius 3 is 2.91 bits per heavy atom. The highest BCUT2D eigenvalue weighted by molar-refractivity contribution is 5.75. The number of halogens is 1. The number of para-hydroxylation sites is 1. The summed E-state index contributed by atoms with van der Waals surface area (Å²) in [6.07, 6.45) is 2.58. The average Bonchev–Trinajstić information content (AvgIpc) is 2.56. The second kappa shape index (κ2) is 6.52. The fraction of sp³-hybridized carbons (Fsp3) is 0.562. The third-order valence-corrected chi connectivity index (χ3v) is 4.50. The van der Waals surface area contributed by atoms with Gasteiger partial charge in [-0.3, -0.25) is 0 Å². The Morgan fingerprint density at radius 2 is 2.14 bits per heavy atom. The zero-order valence-electron chi connectivity index (χ0n) is 12.8. The molecule has 22 heavy (non-hydrogen) atoms. The summed E-state index contributed by atoms with van der Waals surface area (Å²) in [6, 6.07) is 4.80. The molecular weight excluding hydrogens is 285 g/mol. The Balaban J connectivity index is 1.68. The van der Waals surface area contributed by atoms with E-state index in [9.17, 15) is 9.18 Å². The third kappa shape index (κ3) is 3.02. The van der Waals surface area contributed by atoms with Crippen LogP contribution in [0.25, 0.3) is 0 Å². The Hall–Kier alpha value is -1.82. The Labute approximate surface area is 129 Å². The van der Waals surface area contributed by atoms with Gasteiger partial charge in [-0.25, -0.2) is 9.18 Å². The lowest BCUT2D eigenvalue weighted by molar-refractivity contribution is 0.167. The van der Waals surface area contributed by atoms with Crippen molar-refractivity contribution in [2.75, 3.05) is 26.7 Å². The maximum absolute atomic E-state index is 13.8. The molecule has 6 heteroatoms. The molecule has 2 aliphatic rings. The van der Waals surface area contributed by atoms with Crippen molar-refractivity contribution in [3.8, 4) is 5.75 Å². The molecule has 1 fully saturated rings. The summed E-state index contributed by atoms with van der Waals surface area (Å²) in [7, 11) is 1.83. The maximum Gasteiger partial charge on any atom is 0.317 e. The van der Waals surface area contributed by atoms with Gasteiger partial charge in [-0.1, -0.05) is 12.1 Å². The molecule has 0 aromatic heterocycles. The van der Waals surface area contributed by atoms with Crippen molar-refractivity contribution < 1.29 is 13.9 Å². The number of amides is 2. The summed E-state index contributed by atoms with van der Waals surface area (Å²) in [6.45, 7) is 2.29. The smallest absolute Gasteiger partial charge is 0.317 e. The van der Waals surface area contributed by atoms with E-state index in [1.807, 2.05) is 13.1 Å². The second-order valence-electron chi connectivity index (χ2n) is 5.89. The van der Waals surface area contributed by atoms with Crippen molar-refractivity contribution in [1.29, 1.82) is 0 Å². The first-order valence-corrected chi connectivity index (χ1v) is 7.82. The second-order valence-corrected chi connectivity index (χ2v) is 5.89. The number of ether oxygens (including phenoxy) is 1. The molecule has 0 spiro atoms. The maximum atomic E-state index is 13.8. The van der Waals surface area contributed by atoms with Gasteiger partial charge in [0.1, 0.15) is 0 Å². The number of urea groups is 1. The number of nitrogens with zero attached hydrogens (tertiary/aromatic N) is 1. The molecule has 1 aromatic carbocycles. The molecule has 2 N–H and O–H groups in total. The van der Waals surface area contributed by atoms with Gasteiger partial charge >= 0.3 is 6.03 Å². The lowest BCUT2D eigenvalue weighted by Gasteiger charge is -2.34. The lowest BCUT2D eigenvalue weighted by Crippen LogP contribution is -2.49. The number of carbonyl (C=O) groups is 1. The number of benzene rings is 1. The minimum Gasteiger partial charge on any atom is -0.490 e. The average molecular weight is 307 g/mol. The summed E-state index contributed by atoms with van der Waals surface area (Å²) < 4.78 is 19.2. The molecule has 120 valence electrons. The van der Waals surface area contributed by atoms with Crippen LogP contribution in [0.15, 0.2) is 18.2 Å². The number of hydrogen-bond acceptors (Lipinski definition) is 3. The fourth-order valence-corrected chi connectivity index (χ4v) is 3.15. The van der Waals surface area contributed by atoms with Gasteiger partial charge in [-0.15, -0.1) is 0 Å². The van der Waals surface area contributed by atoms with Crippen LogP contribution in [0.5, 0.6) is 5.75 Å². The standard InChI is InChI=1S/C16H22FN3O2/c1-20(11-5-8-18-9-6-11)16(21)19-14-7-10-22-15-12(14)3-2-4-13(15)17/h2-4,11,14,18H,5-10H2,1H3,(H,19,21)/t14-/m0/s1. The van der Waals surface area contributed by atoms with E-state index in [0.29, 0.717) is 13.0 Å².